The molecule has 7 heteroatoms. The summed E-state index contributed by atoms with van der Waals surface area (Å²) in [6, 6.07) is 8.19. The van der Waals surface area contributed by atoms with Crippen molar-refractivity contribution in [2.24, 2.45) is 0 Å². The topological polar surface area (TPSA) is 66.5 Å². The highest BCUT2D eigenvalue weighted by Crippen LogP contribution is 2.25. The Morgan fingerprint density at radius 3 is 2.83 bits per heavy atom. The number of benzene rings is 1. The lowest BCUT2D eigenvalue weighted by atomic mass is 10.1. The Kier molecular flexibility index (Phi) is 5.32. The maximum absolute atomic E-state index is 12.5. The van der Waals surface area contributed by atoms with Gasteiger partial charge in [0.15, 0.2) is 0 Å². The normalized spacial score (nSPS) is 14.5. The van der Waals surface area contributed by atoms with Gasteiger partial charge in [-0.2, -0.15) is 4.37 Å². The van der Waals surface area contributed by atoms with Crippen LogP contribution >= 0.6 is 11.5 Å². The minimum absolute atomic E-state index is 0.0950. The fraction of sp³-hybridized carbons (Fsp3) is 0.412. The van der Waals surface area contributed by atoms with Crippen LogP contribution in [0.1, 0.15) is 21.6 Å². The number of amides is 1. The van der Waals surface area contributed by atoms with Crippen LogP contribution in [0.25, 0.3) is 0 Å². The molecule has 24 heavy (non-hydrogen) atoms. The molecule has 0 bridgehead atoms. The molecule has 3 rings (SSSR count). The fourth-order valence-corrected chi connectivity index (χ4v) is 3.59. The lowest BCUT2D eigenvalue weighted by Gasteiger charge is -2.30. The Morgan fingerprint density at radius 1 is 1.33 bits per heavy atom. The molecule has 1 saturated heterocycles. The highest BCUT2D eigenvalue weighted by atomic mass is 32.1. The van der Waals surface area contributed by atoms with Gasteiger partial charge in [0, 0.05) is 32.4 Å². The van der Waals surface area contributed by atoms with Crippen LogP contribution in [0.15, 0.2) is 24.3 Å². The third-order valence-electron chi connectivity index (χ3n) is 4.10. The number of aryl methyl sites for hydroxylation is 1. The van der Waals surface area contributed by atoms with E-state index < -0.39 is 0 Å². The standard InChI is InChI=1S/C17H22N4O2S/c1-12-15(17(18-2)24-20-12)16(22)19-11-13-5-3-4-6-14(13)21-7-9-23-10-8-21/h3-6,18H,7-11H2,1-2H3,(H,19,22). The summed E-state index contributed by atoms with van der Waals surface area (Å²) < 4.78 is 9.67. The number of hydrogen-bond acceptors (Lipinski definition) is 6. The molecule has 0 atom stereocenters. The zero-order chi connectivity index (χ0) is 16.9. The molecule has 0 radical (unpaired) electrons. The van der Waals surface area contributed by atoms with E-state index in [0.29, 0.717) is 12.1 Å². The summed E-state index contributed by atoms with van der Waals surface area (Å²) in [7, 11) is 1.80. The predicted molar refractivity (Wildman–Crippen MR) is 97.0 cm³/mol. The van der Waals surface area contributed by atoms with Crippen molar-refractivity contribution in [1.82, 2.24) is 9.69 Å². The van der Waals surface area contributed by atoms with Crippen molar-refractivity contribution in [1.29, 1.82) is 0 Å². The van der Waals surface area contributed by atoms with Crippen molar-refractivity contribution in [3.05, 3.63) is 41.1 Å². The van der Waals surface area contributed by atoms with Gasteiger partial charge in [-0.1, -0.05) is 18.2 Å². The van der Waals surface area contributed by atoms with E-state index in [0.717, 1.165) is 48.2 Å². The molecule has 1 amide bonds. The first-order valence-electron chi connectivity index (χ1n) is 8.03. The zero-order valence-corrected chi connectivity index (χ0v) is 14.8. The summed E-state index contributed by atoms with van der Waals surface area (Å²) in [6.07, 6.45) is 0. The number of nitrogens with one attached hydrogen (secondary N) is 2. The number of rotatable bonds is 5. The van der Waals surface area contributed by atoms with Crippen LogP contribution in [-0.4, -0.2) is 43.6 Å². The molecule has 1 aromatic heterocycles. The van der Waals surface area contributed by atoms with Crippen molar-refractivity contribution in [3.8, 4) is 0 Å². The first-order chi connectivity index (χ1) is 11.7. The van der Waals surface area contributed by atoms with Gasteiger partial charge < -0.3 is 20.3 Å². The molecule has 0 saturated carbocycles. The average molecular weight is 346 g/mol. The van der Waals surface area contributed by atoms with Gasteiger partial charge in [0.25, 0.3) is 5.91 Å². The van der Waals surface area contributed by atoms with Crippen LogP contribution in [0, 0.1) is 6.92 Å². The quantitative estimate of drug-likeness (QED) is 0.869. The molecule has 1 aliphatic rings. The number of carbonyl (C=O) groups excluding carboxylic acids is 1. The van der Waals surface area contributed by atoms with Crippen LogP contribution in [0.5, 0.6) is 0 Å². The van der Waals surface area contributed by atoms with Crippen molar-refractivity contribution in [2.45, 2.75) is 13.5 Å². The number of morpholine rings is 1. The highest BCUT2D eigenvalue weighted by molar-refractivity contribution is 7.10. The molecule has 0 aliphatic carbocycles. The molecule has 128 valence electrons. The predicted octanol–water partition coefficient (Wildman–Crippen LogP) is 2.26. The number of aromatic nitrogens is 1. The molecule has 1 aliphatic heterocycles. The van der Waals surface area contributed by atoms with Crippen LogP contribution < -0.4 is 15.5 Å². The van der Waals surface area contributed by atoms with Crippen LogP contribution in [0.4, 0.5) is 10.7 Å². The molecule has 0 spiro atoms. The number of anilines is 2. The van der Waals surface area contributed by atoms with Crippen LogP contribution in [0.2, 0.25) is 0 Å². The average Bonchev–Trinajstić information content (AvgIpc) is 3.01. The smallest absolute Gasteiger partial charge is 0.256 e. The fourth-order valence-electron chi connectivity index (χ4n) is 2.84. The SMILES string of the molecule is CNc1snc(C)c1C(=O)NCc1ccccc1N1CCOCC1. The second kappa shape index (κ2) is 7.63. The number of carbonyl (C=O) groups is 1. The van der Waals surface area contributed by atoms with Crippen molar-refractivity contribution >= 4 is 28.1 Å². The van der Waals surface area contributed by atoms with Gasteiger partial charge in [-0.3, -0.25) is 4.79 Å². The molecule has 2 heterocycles. The zero-order valence-electron chi connectivity index (χ0n) is 14.0. The summed E-state index contributed by atoms with van der Waals surface area (Å²) in [5.74, 6) is -0.0950. The van der Waals surface area contributed by atoms with Crippen molar-refractivity contribution < 1.29 is 9.53 Å². The minimum Gasteiger partial charge on any atom is -0.378 e. The van der Waals surface area contributed by atoms with E-state index in [1.807, 2.05) is 19.1 Å². The van der Waals surface area contributed by atoms with Crippen LogP contribution in [0.3, 0.4) is 0 Å². The Labute approximate surface area is 146 Å². The number of nitrogens with zero attached hydrogens (tertiary/aromatic N) is 2. The van der Waals surface area contributed by atoms with E-state index in [1.165, 1.54) is 11.5 Å². The molecule has 1 fully saturated rings. The molecule has 2 N–H and O–H groups in total. The third-order valence-corrected chi connectivity index (χ3v) is 5.06. The third kappa shape index (κ3) is 3.52. The van der Waals surface area contributed by atoms with E-state index in [2.05, 4.69) is 32.0 Å². The second-order valence-corrected chi connectivity index (χ2v) is 6.41. The Hall–Kier alpha value is -2.12. The van der Waals surface area contributed by atoms with Gasteiger partial charge in [0.1, 0.15) is 5.00 Å². The summed E-state index contributed by atoms with van der Waals surface area (Å²) in [6.45, 7) is 5.58. The summed E-state index contributed by atoms with van der Waals surface area (Å²) in [5.41, 5.74) is 3.66. The monoisotopic (exact) mass is 346 g/mol. The van der Waals surface area contributed by atoms with Crippen molar-refractivity contribution in [3.63, 3.8) is 0 Å². The summed E-state index contributed by atoms with van der Waals surface area (Å²) in [5, 5.41) is 6.86. The van der Waals surface area contributed by atoms with E-state index >= 15 is 0 Å². The van der Waals surface area contributed by atoms with Crippen LogP contribution in [-0.2, 0) is 11.3 Å². The van der Waals surface area contributed by atoms with Gasteiger partial charge >= 0.3 is 0 Å². The molecular formula is C17H22N4O2S. The first kappa shape index (κ1) is 16.7. The second-order valence-electron chi connectivity index (χ2n) is 5.63. The van der Waals surface area contributed by atoms with Gasteiger partial charge in [-0.25, -0.2) is 0 Å². The molecule has 0 unspecified atom stereocenters. The largest absolute Gasteiger partial charge is 0.378 e. The number of para-hydroxylation sites is 1. The van der Waals surface area contributed by atoms with E-state index in [-0.39, 0.29) is 5.91 Å². The Bertz CT molecular complexity index is 710. The van der Waals surface area contributed by atoms with E-state index in [9.17, 15) is 4.79 Å². The van der Waals surface area contributed by atoms with Crippen molar-refractivity contribution in [2.75, 3.05) is 43.6 Å². The maximum atomic E-state index is 12.5. The van der Waals surface area contributed by atoms with Gasteiger partial charge in [-0.05, 0) is 30.1 Å². The van der Waals surface area contributed by atoms with E-state index in [4.69, 9.17) is 4.74 Å². The molecular weight excluding hydrogens is 324 g/mol. The lowest BCUT2D eigenvalue weighted by Crippen LogP contribution is -2.37. The first-order valence-corrected chi connectivity index (χ1v) is 8.81. The highest BCUT2D eigenvalue weighted by Gasteiger charge is 2.19. The Balaban J connectivity index is 1.72. The Morgan fingerprint density at radius 2 is 2.08 bits per heavy atom. The maximum Gasteiger partial charge on any atom is 0.256 e. The van der Waals surface area contributed by atoms with Gasteiger partial charge in [0.2, 0.25) is 0 Å². The van der Waals surface area contributed by atoms with E-state index in [1.54, 1.807) is 7.05 Å². The summed E-state index contributed by atoms with van der Waals surface area (Å²) in [4.78, 5) is 14.9. The molecule has 1 aromatic carbocycles. The molecule has 2 aromatic rings. The van der Waals surface area contributed by atoms with Gasteiger partial charge in [0.05, 0.1) is 24.5 Å². The number of hydrogen-bond donors (Lipinski definition) is 2. The number of ether oxygens (including phenoxy) is 1. The minimum atomic E-state index is -0.0950. The summed E-state index contributed by atoms with van der Waals surface area (Å²) >= 11 is 1.31. The lowest BCUT2D eigenvalue weighted by molar-refractivity contribution is 0.0951. The van der Waals surface area contributed by atoms with Gasteiger partial charge in [-0.15, -0.1) is 0 Å². The molecule has 6 nitrogen and oxygen atoms in total.